The van der Waals surface area contributed by atoms with Crippen molar-refractivity contribution in [3.05, 3.63) is 0 Å². The van der Waals surface area contributed by atoms with E-state index in [1.54, 1.807) is 0 Å². The Morgan fingerprint density at radius 3 is 2.53 bits per heavy atom. The van der Waals surface area contributed by atoms with Gasteiger partial charge in [-0.3, -0.25) is 9.59 Å². The minimum absolute atomic E-state index is 0.0358. The zero-order valence-electron chi connectivity index (χ0n) is 9.84. The van der Waals surface area contributed by atoms with Crippen molar-refractivity contribution < 1.29 is 14.3 Å². The second kappa shape index (κ2) is 8.31. The highest BCUT2D eigenvalue weighted by molar-refractivity contribution is 6.27. The van der Waals surface area contributed by atoms with Gasteiger partial charge in [0, 0.05) is 32.7 Å². The second-order valence-electron chi connectivity index (χ2n) is 4.09. The van der Waals surface area contributed by atoms with Gasteiger partial charge in [-0.2, -0.15) is 0 Å². The SMILES string of the molecule is O=C(CCl)NCCC(=O)NCC1CCOCC1. The average molecular weight is 263 g/mol. The maximum Gasteiger partial charge on any atom is 0.234 e. The Bertz CT molecular complexity index is 255. The molecule has 5 nitrogen and oxygen atoms in total. The minimum Gasteiger partial charge on any atom is -0.381 e. The summed E-state index contributed by atoms with van der Waals surface area (Å²) >= 11 is 5.31. The molecule has 0 unspecified atom stereocenters. The summed E-state index contributed by atoms with van der Waals surface area (Å²) in [5, 5.41) is 5.41. The standard InChI is InChI=1S/C11H19ClN2O3/c12-7-11(16)13-4-1-10(15)14-8-9-2-5-17-6-3-9/h9H,1-8H2,(H,13,16)(H,14,15). The van der Waals surface area contributed by atoms with E-state index in [9.17, 15) is 9.59 Å². The Hall–Kier alpha value is -0.810. The second-order valence-corrected chi connectivity index (χ2v) is 4.36. The van der Waals surface area contributed by atoms with Crippen LogP contribution in [0.2, 0.25) is 0 Å². The third-order valence-corrected chi connectivity index (χ3v) is 2.97. The maximum absolute atomic E-state index is 11.4. The number of halogens is 1. The maximum atomic E-state index is 11.4. The van der Waals surface area contributed by atoms with Crippen LogP contribution >= 0.6 is 11.6 Å². The summed E-state index contributed by atoms with van der Waals surface area (Å²) in [6.45, 7) is 2.61. The van der Waals surface area contributed by atoms with Crippen LogP contribution in [0.25, 0.3) is 0 Å². The van der Waals surface area contributed by atoms with Gasteiger partial charge in [-0.25, -0.2) is 0 Å². The smallest absolute Gasteiger partial charge is 0.234 e. The number of rotatable bonds is 6. The first-order chi connectivity index (χ1) is 8.22. The van der Waals surface area contributed by atoms with Crippen LogP contribution in [-0.4, -0.2) is 44.0 Å². The molecule has 0 aromatic carbocycles. The van der Waals surface area contributed by atoms with Crippen LogP contribution in [0.4, 0.5) is 0 Å². The topological polar surface area (TPSA) is 67.4 Å². The van der Waals surface area contributed by atoms with E-state index in [1.165, 1.54) is 0 Å². The Morgan fingerprint density at radius 2 is 1.88 bits per heavy atom. The molecule has 1 fully saturated rings. The third-order valence-electron chi connectivity index (χ3n) is 2.72. The Kier molecular flexibility index (Phi) is 6.96. The lowest BCUT2D eigenvalue weighted by atomic mass is 10.0. The van der Waals surface area contributed by atoms with Gasteiger partial charge in [0.1, 0.15) is 5.88 Å². The van der Waals surface area contributed by atoms with E-state index in [0.29, 0.717) is 25.4 Å². The molecule has 17 heavy (non-hydrogen) atoms. The molecule has 1 saturated heterocycles. The minimum atomic E-state index is -0.246. The summed E-state index contributed by atoms with van der Waals surface area (Å²) in [5.74, 6) is 0.171. The van der Waals surface area contributed by atoms with E-state index in [-0.39, 0.29) is 17.7 Å². The summed E-state index contributed by atoms with van der Waals surface area (Å²) < 4.78 is 5.24. The van der Waals surface area contributed by atoms with E-state index in [1.807, 2.05) is 0 Å². The van der Waals surface area contributed by atoms with Crippen LogP contribution in [-0.2, 0) is 14.3 Å². The fraction of sp³-hybridized carbons (Fsp3) is 0.818. The molecule has 98 valence electrons. The van der Waals surface area contributed by atoms with Gasteiger partial charge in [0.25, 0.3) is 0 Å². The molecule has 0 aromatic rings. The number of hydrogen-bond acceptors (Lipinski definition) is 3. The highest BCUT2D eigenvalue weighted by Crippen LogP contribution is 2.12. The summed E-state index contributed by atoms with van der Waals surface area (Å²) in [6.07, 6.45) is 2.30. The molecular weight excluding hydrogens is 244 g/mol. The van der Waals surface area contributed by atoms with Crippen LogP contribution in [0, 0.1) is 5.92 Å². The molecule has 0 saturated carbocycles. The van der Waals surface area contributed by atoms with Gasteiger partial charge in [0.2, 0.25) is 11.8 Å². The third kappa shape index (κ3) is 6.48. The molecule has 0 bridgehead atoms. The van der Waals surface area contributed by atoms with Gasteiger partial charge in [0.05, 0.1) is 0 Å². The van der Waals surface area contributed by atoms with Gasteiger partial charge < -0.3 is 15.4 Å². The molecule has 0 spiro atoms. The van der Waals surface area contributed by atoms with Crippen molar-refractivity contribution in [2.45, 2.75) is 19.3 Å². The Morgan fingerprint density at radius 1 is 1.18 bits per heavy atom. The monoisotopic (exact) mass is 262 g/mol. The van der Waals surface area contributed by atoms with E-state index in [4.69, 9.17) is 16.3 Å². The number of carbonyl (C=O) groups excluding carboxylic acids is 2. The van der Waals surface area contributed by atoms with Crippen molar-refractivity contribution in [2.75, 3.05) is 32.2 Å². The van der Waals surface area contributed by atoms with Gasteiger partial charge in [-0.05, 0) is 18.8 Å². The molecule has 6 heteroatoms. The summed E-state index contributed by atoms with van der Waals surface area (Å²) in [4.78, 5) is 22.2. The molecule has 1 rings (SSSR count). The van der Waals surface area contributed by atoms with Crippen LogP contribution in [0.1, 0.15) is 19.3 Å². The molecule has 2 N–H and O–H groups in total. The van der Waals surface area contributed by atoms with Crippen LogP contribution < -0.4 is 10.6 Å². The number of ether oxygens (including phenoxy) is 1. The quantitative estimate of drug-likeness (QED) is 0.676. The number of nitrogens with one attached hydrogen (secondary N) is 2. The molecule has 0 aromatic heterocycles. The predicted molar refractivity (Wildman–Crippen MR) is 64.9 cm³/mol. The van der Waals surface area contributed by atoms with Gasteiger partial charge in [-0.1, -0.05) is 0 Å². The summed E-state index contributed by atoms with van der Waals surface area (Å²) in [7, 11) is 0. The number of amides is 2. The molecular formula is C11H19ClN2O3. The first kappa shape index (κ1) is 14.3. The van der Waals surface area contributed by atoms with E-state index < -0.39 is 0 Å². The number of alkyl halides is 1. The average Bonchev–Trinajstić information content (AvgIpc) is 2.37. The molecule has 0 radical (unpaired) electrons. The largest absolute Gasteiger partial charge is 0.381 e. The fourth-order valence-corrected chi connectivity index (χ4v) is 1.75. The van der Waals surface area contributed by atoms with Crippen molar-refractivity contribution in [2.24, 2.45) is 5.92 Å². The van der Waals surface area contributed by atoms with E-state index in [0.717, 1.165) is 26.1 Å². The van der Waals surface area contributed by atoms with Crippen LogP contribution in [0.3, 0.4) is 0 Å². The lowest BCUT2D eigenvalue weighted by Gasteiger charge is -2.22. The normalized spacial score (nSPS) is 16.5. The summed E-state index contributed by atoms with van der Waals surface area (Å²) in [5.41, 5.74) is 0. The highest BCUT2D eigenvalue weighted by atomic mass is 35.5. The highest BCUT2D eigenvalue weighted by Gasteiger charge is 2.14. The van der Waals surface area contributed by atoms with Crippen molar-refractivity contribution >= 4 is 23.4 Å². The van der Waals surface area contributed by atoms with Gasteiger partial charge in [-0.15, -0.1) is 11.6 Å². The van der Waals surface area contributed by atoms with Gasteiger partial charge in [0.15, 0.2) is 0 Å². The molecule has 1 aliphatic heterocycles. The lowest BCUT2D eigenvalue weighted by molar-refractivity contribution is -0.121. The van der Waals surface area contributed by atoms with Crippen LogP contribution in [0.15, 0.2) is 0 Å². The van der Waals surface area contributed by atoms with E-state index in [2.05, 4.69) is 10.6 Å². The number of hydrogen-bond donors (Lipinski definition) is 2. The molecule has 1 aliphatic rings. The zero-order valence-corrected chi connectivity index (χ0v) is 10.6. The van der Waals surface area contributed by atoms with Gasteiger partial charge >= 0.3 is 0 Å². The first-order valence-corrected chi connectivity index (χ1v) is 6.43. The zero-order chi connectivity index (χ0) is 12.5. The fourth-order valence-electron chi connectivity index (χ4n) is 1.66. The molecule has 0 aliphatic carbocycles. The van der Waals surface area contributed by atoms with Crippen molar-refractivity contribution in [3.63, 3.8) is 0 Å². The first-order valence-electron chi connectivity index (χ1n) is 5.89. The van der Waals surface area contributed by atoms with Crippen molar-refractivity contribution in [1.29, 1.82) is 0 Å². The van der Waals surface area contributed by atoms with Crippen molar-refractivity contribution in [3.8, 4) is 0 Å². The molecule has 1 heterocycles. The van der Waals surface area contributed by atoms with E-state index >= 15 is 0 Å². The van der Waals surface area contributed by atoms with Crippen LogP contribution in [0.5, 0.6) is 0 Å². The Balaban J connectivity index is 2.02. The predicted octanol–water partition coefficient (Wildman–Crippen LogP) is 0.274. The molecule has 2 amide bonds. The number of carbonyl (C=O) groups is 2. The van der Waals surface area contributed by atoms with Crippen molar-refractivity contribution in [1.82, 2.24) is 10.6 Å². The Labute approximate surface area is 106 Å². The lowest BCUT2D eigenvalue weighted by Crippen LogP contribution is -2.35. The summed E-state index contributed by atoms with van der Waals surface area (Å²) in [6, 6.07) is 0. The molecule has 0 atom stereocenters.